The first kappa shape index (κ1) is 14.3. The van der Waals surface area contributed by atoms with Gasteiger partial charge in [0.1, 0.15) is 11.6 Å². The number of hydrogen-bond donors (Lipinski definition) is 0. The van der Waals surface area contributed by atoms with Gasteiger partial charge in [-0.2, -0.15) is 0 Å². The van der Waals surface area contributed by atoms with Crippen LogP contribution in [0.4, 0.5) is 4.39 Å². The molecule has 0 aliphatic heterocycles. The van der Waals surface area contributed by atoms with Crippen molar-refractivity contribution in [3.05, 3.63) is 58.9 Å². The maximum absolute atomic E-state index is 13.6. The third-order valence-corrected chi connectivity index (χ3v) is 3.71. The number of pyridine rings is 1. The lowest BCUT2D eigenvalue weighted by Gasteiger charge is -2.08. The third kappa shape index (κ3) is 2.87. The number of rotatable bonds is 4. The van der Waals surface area contributed by atoms with Crippen molar-refractivity contribution in [2.75, 3.05) is 5.88 Å². The van der Waals surface area contributed by atoms with E-state index in [2.05, 4.69) is 9.97 Å². The van der Waals surface area contributed by atoms with E-state index in [9.17, 15) is 4.39 Å². The van der Waals surface area contributed by atoms with Crippen LogP contribution in [-0.4, -0.2) is 20.4 Å². The summed E-state index contributed by atoms with van der Waals surface area (Å²) in [6.45, 7) is 0.547. The molecule has 0 atom stereocenters. The summed E-state index contributed by atoms with van der Waals surface area (Å²) in [6.07, 6.45) is 2.34. The highest BCUT2D eigenvalue weighted by atomic mass is 35.5. The Balaban J connectivity index is 2.13. The molecule has 108 valence electrons. The number of fused-ring (bicyclic) bond motifs is 1. The van der Waals surface area contributed by atoms with Gasteiger partial charge in [-0.3, -0.25) is 4.98 Å². The zero-order valence-electron chi connectivity index (χ0n) is 11.1. The molecule has 0 fully saturated rings. The van der Waals surface area contributed by atoms with E-state index in [1.807, 2.05) is 22.8 Å². The molecule has 2 heterocycles. The number of alkyl halides is 1. The maximum atomic E-state index is 13.6. The van der Waals surface area contributed by atoms with E-state index < -0.39 is 5.82 Å². The molecule has 0 bridgehead atoms. The summed E-state index contributed by atoms with van der Waals surface area (Å²) in [4.78, 5) is 8.77. The van der Waals surface area contributed by atoms with Crippen molar-refractivity contribution in [2.45, 2.75) is 13.0 Å². The second kappa shape index (κ2) is 6.00. The van der Waals surface area contributed by atoms with Crippen LogP contribution >= 0.6 is 23.2 Å². The highest BCUT2D eigenvalue weighted by Crippen LogP contribution is 2.25. The number of halogens is 3. The molecular weight excluding hydrogens is 312 g/mol. The van der Waals surface area contributed by atoms with Crippen LogP contribution in [0.2, 0.25) is 5.02 Å². The molecule has 3 nitrogen and oxygen atoms in total. The summed E-state index contributed by atoms with van der Waals surface area (Å²) >= 11 is 11.7. The lowest BCUT2D eigenvalue weighted by molar-refractivity contribution is 0.629. The Morgan fingerprint density at radius 2 is 2.10 bits per heavy atom. The van der Waals surface area contributed by atoms with Crippen LogP contribution in [0, 0.1) is 5.82 Å². The molecule has 3 aromatic rings. The molecule has 0 amide bonds. The van der Waals surface area contributed by atoms with Gasteiger partial charge in [-0.25, -0.2) is 9.37 Å². The summed E-state index contributed by atoms with van der Waals surface area (Å²) < 4.78 is 15.6. The second-order valence-electron chi connectivity index (χ2n) is 4.63. The molecule has 0 aliphatic carbocycles. The highest BCUT2D eigenvalue weighted by Gasteiger charge is 2.14. The summed E-state index contributed by atoms with van der Waals surface area (Å²) in [6, 6.07) is 8.67. The molecule has 0 radical (unpaired) electrons. The van der Waals surface area contributed by atoms with E-state index in [4.69, 9.17) is 23.2 Å². The first-order chi connectivity index (χ1) is 10.2. The van der Waals surface area contributed by atoms with Gasteiger partial charge in [0.2, 0.25) is 0 Å². The molecule has 6 heteroatoms. The number of aryl methyl sites for hydroxylation is 1. The minimum atomic E-state index is -0.468. The Morgan fingerprint density at radius 1 is 1.24 bits per heavy atom. The molecule has 2 aromatic heterocycles. The maximum Gasteiger partial charge on any atom is 0.144 e. The lowest BCUT2D eigenvalue weighted by Crippen LogP contribution is -2.07. The second-order valence-corrected chi connectivity index (χ2v) is 5.41. The predicted molar refractivity (Wildman–Crippen MR) is 82.5 cm³/mol. The summed E-state index contributed by atoms with van der Waals surface area (Å²) in [5, 5.41) is 0.0853. The average molecular weight is 324 g/mol. The summed E-state index contributed by atoms with van der Waals surface area (Å²) in [5.74, 6) is 0.776. The minimum absolute atomic E-state index is 0.0853. The largest absolute Gasteiger partial charge is 0.322 e. The van der Waals surface area contributed by atoms with Gasteiger partial charge in [-0.15, -0.1) is 11.6 Å². The number of aromatic nitrogens is 3. The fourth-order valence-corrected chi connectivity index (χ4v) is 2.60. The summed E-state index contributed by atoms with van der Waals surface area (Å²) in [5.41, 5.74) is 2.26. The van der Waals surface area contributed by atoms with Gasteiger partial charge in [0.05, 0.1) is 28.3 Å². The molecule has 21 heavy (non-hydrogen) atoms. The van der Waals surface area contributed by atoms with E-state index in [0.717, 1.165) is 17.0 Å². The minimum Gasteiger partial charge on any atom is -0.322 e. The van der Waals surface area contributed by atoms with E-state index >= 15 is 0 Å². The Morgan fingerprint density at radius 3 is 2.81 bits per heavy atom. The van der Waals surface area contributed by atoms with Gasteiger partial charge >= 0.3 is 0 Å². The summed E-state index contributed by atoms with van der Waals surface area (Å²) in [7, 11) is 0. The number of imidazole rings is 1. The van der Waals surface area contributed by atoms with Crippen LogP contribution in [0.5, 0.6) is 0 Å². The van der Waals surface area contributed by atoms with Crippen molar-refractivity contribution in [1.82, 2.24) is 14.5 Å². The molecule has 0 saturated carbocycles. The fourth-order valence-electron chi connectivity index (χ4n) is 2.28. The van der Waals surface area contributed by atoms with E-state index in [0.29, 0.717) is 24.4 Å². The Hall–Kier alpha value is -1.65. The van der Waals surface area contributed by atoms with Gasteiger partial charge in [-0.05, 0) is 18.2 Å². The van der Waals surface area contributed by atoms with Gasteiger partial charge in [-0.1, -0.05) is 17.7 Å². The first-order valence-electron chi connectivity index (χ1n) is 6.49. The fraction of sp³-hybridized carbons (Fsp3) is 0.200. The van der Waals surface area contributed by atoms with Gasteiger partial charge in [0, 0.05) is 24.6 Å². The normalized spacial score (nSPS) is 11.2. The monoisotopic (exact) mass is 323 g/mol. The predicted octanol–water partition coefficient (Wildman–Crippen LogP) is 4.05. The molecule has 0 saturated heterocycles. The Labute approximate surface area is 131 Å². The zero-order valence-corrected chi connectivity index (χ0v) is 12.6. The van der Waals surface area contributed by atoms with E-state index in [1.54, 1.807) is 12.3 Å². The number of benzene rings is 1. The molecule has 0 spiro atoms. The highest BCUT2D eigenvalue weighted by molar-refractivity contribution is 6.31. The number of nitrogens with zero attached hydrogens (tertiary/aromatic N) is 3. The van der Waals surface area contributed by atoms with Crippen molar-refractivity contribution in [3.8, 4) is 0 Å². The van der Waals surface area contributed by atoms with E-state index in [1.165, 1.54) is 6.07 Å². The first-order valence-corrected chi connectivity index (χ1v) is 7.40. The van der Waals surface area contributed by atoms with Gasteiger partial charge in [0.25, 0.3) is 0 Å². The van der Waals surface area contributed by atoms with Crippen LogP contribution in [0.1, 0.15) is 11.5 Å². The molecular formula is C15H12Cl2FN3. The topological polar surface area (TPSA) is 30.7 Å². The van der Waals surface area contributed by atoms with Gasteiger partial charge in [0.15, 0.2) is 0 Å². The molecule has 1 aromatic carbocycles. The number of hydrogen-bond acceptors (Lipinski definition) is 2. The Kier molecular flexibility index (Phi) is 4.08. The molecule has 0 N–H and O–H groups in total. The molecule has 0 aliphatic rings. The van der Waals surface area contributed by atoms with E-state index in [-0.39, 0.29) is 5.02 Å². The van der Waals surface area contributed by atoms with Crippen molar-refractivity contribution in [2.24, 2.45) is 0 Å². The molecule has 0 unspecified atom stereocenters. The Bertz CT molecular complexity index is 771. The van der Waals surface area contributed by atoms with Crippen LogP contribution in [0.15, 0.2) is 36.5 Å². The van der Waals surface area contributed by atoms with Crippen molar-refractivity contribution in [1.29, 1.82) is 0 Å². The standard InChI is InChI=1S/C15H12Cl2FN3/c16-5-4-15-20-13-8-12(18)11(17)7-14(13)21(15)9-10-3-1-2-6-19-10/h1-3,6-8H,4-5,9H2. The van der Waals surface area contributed by atoms with Crippen LogP contribution in [0.3, 0.4) is 0 Å². The van der Waals surface area contributed by atoms with Crippen molar-refractivity contribution >= 4 is 34.2 Å². The van der Waals surface area contributed by atoms with Crippen molar-refractivity contribution < 1.29 is 4.39 Å². The zero-order chi connectivity index (χ0) is 14.8. The lowest BCUT2D eigenvalue weighted by atomic mass is 10.3. The van der Waals surface area contributed by atoms with Crippen molar-refractivity contribution in [3.63, 3.8) is 0 Å². The third-order valence-electron chi connectivity index (χ3n) is 3.23. The van der Waals surface area contributed by atoms with Crippen LogP contribution in [-0.2, 0) is 13.0 Å². The average Bonchev–Trinajstić information content (AvgIpc) is 2.79. The molecule has 3 rings (SSSR count). The van der Waals surface area contributed by atoms with Gasteiger partial charge < -0.3 is 4.57 Å². The smallest absolute Gasteiger partial charge is 0.144 e. The van der Waals surface area contributed by atoms with Crippen LogP contribution < -0.4 is 0 Å². The van der Waals surface area contributed by atoms with Crippen LogP contribution in [0.25, 0.3) is 11.0 Å². The quantitative estimate of drug-likeness (QED) is 0.678. The SMILES string of the molecule is Fc1cc2nc(CCCl)n(Cc3ccccn3)c2cc1Cl.